The fourth-order valence-electron chi connectivity index (χ4n) is 3.98. The molecule has 1 unspecified atom stereocenters. The lowest BCUT2D eigenvalue weighted by Crippen LogP contribution is -2.47. The maximum absolute atomic E-state index is 12.8. The van der Waals surface area contributed by atoms with E-state index in [0.29, 0.717) is 24.5 Å². The van der Waals surface area contributed by atoms with Gasteiger partial charge in [0.1, 0.15) is 5.71 Å². The van der Waals surface area contributed by atoms with Crippen molar-refractivity contribution in [2.24, 2.45) is 11.0 Å². The molecule has 0 radical (unpaired) electrons. The lowest BCUT2D eigenvalue weighted by atomic mass is 9.86. The maximum Gasteiger partial charge on any atom is 0.270 e. The van der Waals surface area contributed by atoms with E-state index >= 15 is 0 Å². The molecule has 140 valence electrons. The van der Waals surface area contributed by atoms with Gasteiger partial charge in [0, 0.05) is 25.9 Å². The zero-order chi connectivity index (χ0) is 18.2. The third kappa shape index (κ3) is 4.04. The molecule has 0 bridgehead atoms. The standard InChI is InChI=1S/C17H27N3O4S/c1-12-3-5-13(6-4-12)19(2)17(22)15-7-8-16(21)20(18-15)14-9-10-25(23,24)11-14/h12-14H,3-11H2,1-2H3. The summed E-state index contributed by atoms with van der Waals surface area (Å²) in [5.41, 5.74) is 0.380. The predicted molar refractivity (Wildman–Crippen MR) is 94.8 cm³/mol. The molecule has 1 atom stereocenters. The van der Waals surface area contributed by atoms with Gasteiger partial charge >= 0.3 is 0 Å². The Morgan fingerprint density at radius 2 is 1.84 bits per heavy atom. The molecule has 8 heteroatoms. The molecular formula is C17H27N3O4S. The van der Waals surface area contributed by atoms with E-state index in [1.807, 2.05) is 7.05 Å². The van der Waals surface area contributed by atoms with Crippen molar-refractivity contribution in [1.29, 1.82) is 0 Å². The Hall–Kier alpha value is -1.44. The molecule has 0 N–H and O–H groups in total. The molecule has 7 nitrogen and oxygen atoms in total. The van der Waals surface area contributed by atoms with Crippen molar-refractivity contribution in [2.75, 3.05) is 18.6 Å². The van der Waals surface area contributed by atoms with Crippen LogP contribution in [0.1, 0.15) is 51.9 Å². The lowest BCUT2D eigenvalue weighted by Gasteiger charge is -2.35. The van der Waals surface area contributed by atoms with Crippen molar-refractivity contribution in [2.45, 2.75) is 64.0 Å². The topological polar surface area (TPSA) is 87.1 Å². The second-order valence-electron chi connectivity index (χ2n) is 7.67. The monoisotopic (exact) mass is 369 g/mol. The van der Waals surface area contributed by atoms with Crippen LogP contribution in [0, 0.1) is 5.92 Å². The first kappa shape index (κ1) is 18.4. The van der Waals surface area contributed by atoms with E-state index in [9.17, 15) is 18.0 Å². The molecule has 0 aromatic rings. The van der Waals surface area contributed by atoms with Crippen LogP contribution in [0.2, 0.25) is 0 Å². The van der Waals surface area contributed by atoms with Gasteiger partial charge in [-0.1, -0.05) is 6.92 Å². The molecule has 2 fully saturated rings. The van der Waals surface area contributed by atoms with E-state index in [4.69, 9.17) is 0 Å². The average Bonchev–Trinajstić information content (AvgIpc) is 2.94. The zero-order valence-electron chi connectivity index (χ0n) is 15.0. The van der Waals surface area contributed by atoms with Crippen molar-refractivity contribution in [3.05, 3.63) is 0 Å². The van der Waals surface area contributed by atoms with Crippen molar-refractivity contribution in [1.82, 2.24) is 9.91 Å². The fraction of sp³-hybridized carbons (Fsp3) is 0.824. The highest BCUT2D eigenvalue weighted by Crippen LogP contribution is 2.27. The van der Waals surface area contributed by atoms with Crippen LogP contribution in [-0.4, -0.2) is 66.5 Å². The van der Waals surface area contributed by atoms with Gasteiger partial charge in [0.05, 0.1) is 17.5 Å². The number of hydrogen-bond acceptors (Lipinski definition) is 5. The normalized spacial score (nSPS) is 32.4. The number of nitrogens with zero attached hydrogens (tertiary/aromatic N) is 3. The summed E-state index contributed by atoms with van der Waals surface area (Å²) < 4.78 is 23.4. The number of amides is 2. The molecule has 1 aliphatic carbocycles. The minimum absolute atomic E-state index is 0.0555. The van der Waals surface area contributed by atoms with Gasteiger partial charge in [0.25, 0.3) is 5.91 Å². The van der Waals surface area contributed by atoms with Crippen LogP contribution in [0.25, 0.3) is 0 Å². The van der Waals surface area contributed by atoms with Crippen LogP contribution in [0.4, 0.5) is 0 Å². The second-order valence-corrected chi connectivity index (χ2v) is 9.90. The molecular weight excluding hydrogens is 342 g/mol. The molecule has 1 saturated heterocycles. The van der Waals surface area contributed by atoms with Crippen molar-refractivity contribution in [3.63, 3.8) is 0 Å². The minimum Gasteiger partial charge on any atom is -0.338 e. The van der Waals surface area contributed by atoms with E-state index in [2.05, 4.69) is 12.0 Å². The molecule has 3 rings (SSSR count). The van der Waals surface area contributed by atoms with Gasteiger partial charge in [-0.15, -0.1) is 0 Å². The Bertz CT molecular complexity index is 680. The van der Waals surface area contributed by atoms with E-state index in [0.717, 1.165) is 25.7 Å². The van der Waals surface area contributed by atoms with Crippen molar-refractivity contribution < 1.29 is 18.0 Å². The van der Waals surface area contributed by atoms with Crippen LogP contribution < -0.4 is 0 Å². The highest BCUT2D eigenvalue weighted by molar-refractivity contribution is 7.91. The Labute approximate surface area is 149 Å². The molecule has 0 aromatic carbocycles. The number of carbonyl (C=O) groups is 2. The Balaban J connectivity index is 1.71. The smallest absolute Gasteiger partial charge is 0.270 e. The molecule has 2 amide bonds. The minimum atomic E-state index is -3.10. The highest BCUT2D eigenvalue weighted by Gasteiger charge is 2.38. The van der Waals surface area contributed by atoms with Crippen LogP contribution in [0.5, 0.6) is 0 Å². The average molecular weight is 369 g/mol. The van der Waals surface area contributed by atoms with E-state index < -0.39 is 15.9 Å². The van der Waals surface area contributed by atoms with Crippen LogP contribution >= 0.6 is 0 Å². The Morgan fingerprint density at radius 1 is 1.16 bits per heavy atom. The van der Waals surface area contributed by atoms with Gasteiger partial charge in [-0.2, -0.15) is 5.10 Å². The Kier molecular flexibility index (Phi) is 5.18. The summed E-state index contributed by atoms with van der Waals surface area (Å²) in [6, 6.07) is -0.203. The summed E-state index contributed by atoms with van der Waals surface area (Å²) in [5, 5.41) is 5.55. The molecule has 25 heavy (non-hydrogen) atoms. The van der Waals surface area contributed by atoms with E-state index in [1.165, 1.54) is 5.01 Å². The quantitative estimate of drug-likeness (QED) is 0.748. The summed E-state index contributed by atoms with van der Waals surface area (Å²) in [6.45, 7) is 2.24. The number of rotatable bonds is 3. The highest BCUT2D eigenvalue weighted by atomic mass is 32.2. The van der Waals surface area contributed by atoms with Gasteiger partial charge in [0.15, 0.2) is 9.84 Å². The first-order valence-corrected chi connectivity index (χ1v) is 11.0. The SMILES string of the molecule is CC1CCC(N(C)C(=O)C2=NN(C3CCS(=O)(=O)C3)C(=O)CC2)CC1. The largest absolute Gasteiger partial charge is 0.338 e. The summed E-state index contributed by atoms with van der Waals surface area (Å²) in [5.74, 6) is 0.426. The molecule has 2 heterocycles. The van der Waals surface area contributed by atoms with Gasteiger partial charge in [0.2, 0.25) is 5.91 Å². The number of carbonyl (C=O) groups excluding carboxylic acids is 2. The zero-order valence-corrected chi connectivity index (χ0v) is 15.8. The summed E-state index contributed by atoms with van der Waals surface area (Å²) >= 11 is 0. The van der Waals surface area contributed by atoms with E-state index in [1.54, 1.807) is 4.90 Å². The fourth-order valence-corrected chi connectivity index (χ4v) is 5.67. The van der Waals surface area contributed by atoms with Crippen molar-refractivity contribution in [3.8, 4) is 0 Å². The third-order valence-corrected chi connectivity index (χ3v) is 7.46. The molecule has 2 aliphatic heterocycles. The number of sulfone groups is 1. The molecule has 0 spiro atoms. The number of hydrogen-bond donors (Lipinski definition) is 0. The molecule has 1 saturated carbocycles. The summed E-state index contributed by atoms with van der Waals surface area (Å²) in [6.07, 6.45) is 5.20. The first-order valence-electron chi connectivity index (χ1n) is 9.14. The van der Waals surface area contributed by atoms with Crippen LogP contribution in [0.3, 0.4) is 0 Å². The van der Waals surface area contributed by atoms with Gasteiger partial charge in [-0.05, 0) is 38.0 Å². The van der Waals surface area contributed by atoms with Crippen LogP contribution in [-0.2, 0) is 19.4 Å². The summed E-state index contributed by atoms with van der Waals surface area (Å²) in [4.78, 5) is 26.7. The number of hydrazone groups is 1. The van der Waals surface area contributed by atoms with E-state index in [-0.39, 0.29) is 35.8 Å². The Morgan fingerprint density at radius 3 is 2.44 bits per heavy atom. The summed E-state index contributed by atoms with van der Waals surface area (Å²) in [7, 11) is -1.29. The maximum atomic E-state index is 12.8. The van der Waals surface area contributed by atoms with Gasteiger partial charge in [-0.3, -0.25) is 9.59 Å². The van der Waals surface area contributed by atoms with Gasteiger partial charge < -0.3 is 4.90 Å². The third-order valence-electron chi connectivity index (χ3n) is 5.71. The lowest BCUT2D eigenvalue weighted by molar-refractivity contribution is -0.134. The van der Waals surface area contributed by atoms with Crippen LogP contribution in [0.15, 0.2) is 5.10 Å². The van der Waals surface area contributed by atoms with Crippen molar-refractivity contribution >= 4 is 27.4 Å². The second kappa shape index (κ2) is 7.05. The first-order chi connectivity index (χ1) is 11.8. The molecule has 0 aromatic heterocycles. The van der Waals surface area contributed by atoms with Gasteiger partial charge in [-0.25, -0.2) is 13.4 Å². The molecule has 3 aliphatic rings. The predicted octanol–water partition coefficient (Wildman–Crippen LogP) is 1.19.